The summed E-state index contributed by atoms with van der Waals surface area (Å²) < 4.78 is 10.7. The SMILES string of the molecule is COc1ccccc1CCNC(=O)c1coc(C(N)Cc2ccccc2)n1. The molecule has 1 amide bonds. The van der Waals surface area contributed by atoms with Crippen LogP contribution in [-0.2, 0) is 12.8 Å². The van der Waals surface area contributed by atoms with E-state index in [-0.39, 0.29) is 11.6 Å². The van der Waals surface area contributed by atoms with E-state index in [9.17, 15) is 4.79 Å². The fourth-order valence-electron chi connectivity index (χ4n) is 2.83. The molecule has 0 saturated carbocycles. The highest BCUT2D eigenvalue weighted by atomic mass is 16.5. The van der Waals surface area contributed by atoms with Crippen LogP contribution in [0.4, 0.5) is 0 Å². The molecule has 140 valence electrons. The number of amides is 1. The number of benzene rings is 2. The van der Waals surface area contributed by atoms with Gasteiger partial charge >= 0.3 is 0 Å². The first kappa shape index (κ1) is 18.7. The van der Waals surface area contributed by atoms with Crippen LogP contribution in [-0.4, -0.2) is 24.5 Å². The summed E-state index contributed by atoms with van der Waals surface area (Å²) in [4.78, 5) is 16.5. The lowest BCUT2D eigenvalue weighted by Gasteiger charge is -2.08. The Labute approximate surface area is 158 Å². The van der Waals surface area contributed by atoms with Crippen molar-refractivity contribution in [3.8, 4) is 5.75 Å². The monoisotopic (exact) mass is 365 g/mol. The number of hydrogen-bond donors (Lipinski definition) is 2. The van der Waals surface area contributed by atoms with Gasteiger partial charge in [-0.15, -0.1) is 0 Å². The minimum Gasteiger partial charge on any atom is -0.496 e. The van der Waals surface area contributed by atoms with Gasteiger partial charge in [0.1, 0.15) is 12.0 Å². The summed E-state index contributed by atoms with van der Waals surface area (Å²) in [5.41, 5.74) is 8.50. The fraction of sp³-hybridized carbons (Fsp3) is 0.238. The highest BCUT2D eigenvalue weighted by molar-refractivity contribution is 5.91. The van der Waals surface area contributed by atoms with Gasteiger partial charge in [-0.3, -0.25) is 4.79 Å². The third-order valence-corrected chi connectivity index (χ3v) is 4.24. The lowest BCUT2D eigenvalue weighted by molar-refractivity contribution is 0.0949. The number of methoxy groups -OCH3 is 1. The summed E-state index contributed by atoms with van der Waals surface area (Å²) in [5.74, 6) is 0.878. The van der Waals surface area contributed by atoms with E-state index in [0.717, 1.165) is 16.9 Å². The Kier molecular flexibility index (Phi) is 6.22. The van der Waals surface area contributed by atoms with Crippen LogP contribution >= 0.6 is 0 Å². The Bertz CT molecular complexity index is 877. The van der Waals surface area contributed by atoms with E-state index in [1.165, 1.54) is 6.26 Å². The van der Waals surface area contributed by atoms with Crippen LogP contribution in [0.5, 0.6) is 5.75 Å². The van der Waals surface area contributed by atoms with Crippen LogP contribution in [0, 0.1) is 0 Å². The maximum absolute atomic E-state index is 12.3. The average Bonchev–Trinajstić information content (AvgIpc) is 3.19. The highest BCUT2D eigenvalue weighted by Gasteiger charge is 2.17. The van der Waals surface area contributed by atoms with Gasteiger partial charge in [0.25, 0.3) is 5.91 Å². The molecule has 0 aliphatic heterocycles. The molecule has 0 spiro atoms. The van der Waals surface area contributed by atoms with Gasteiger partial charge in [-0.1, -0.05) is 48.5 Å². The number of nitrogens with two attached hydrogens (primary N) is 1. The number of nitrogens with zero attached hydrogens (tertiary/aromatic N) is 1. The van der Waals surface area contributed by atoms with Gasteiger partial charge in [0.05, 0.1) is 13.2 Å². The topological polar surface area (TPSA) is 90.4 Å². The maximum atomic E-state index is 12.3. The molecule has 0 saturated heterocycles. The van der Waals surface area contributed by atoms with E-state index in [1.54, 1.807) is 7.11 Å². The highest BCUT2D eigenvalue weighted by Crippen LogP contribution is 2.18. The van der Waals surface area contributed by atoms with Crippen molar-refractivity contribution >= 4 is 5.91 Å². The van der Waals surface area contributed by atoms with Crippen LogP contribution in [0.1, 0.15) is 33.5 Å². The van der Waals surface area contributed by atoms with Crippen molar-refractivity contribution in [2.75, 3.05) is 13.7 Å². The van der Waals surface area contributed by atoms with Gasteiger partial charge in [0, 0.05) is 6.54 Å². The van der Waals surface area contributed by atoms with Gasteiger partial charge in [-0.2, -0.15) is 0 Å². The minimum atomic E-state index is -0.400. The normalized spacial score (nSPS) is 11.8. The molecule has 1 unspecified atom stereocenters. The van der Waals surface area contributed by atoms with E-state index in [1.807, 2.05) is 54.6 Å². The molecule has 0 bridgehead atoms. The summed E-state index contributed by atoms with van der Waals surface area (Å²) in [7, 11) is 1.63. The molecule has 2 aromatic carbocycles. The van der Waals surface area contributed by atoms with E-state index in [4.69, 9.17) is 14.9 Å². The Morgan fingerprint density at radius 1 is 1.19 bits per heavy atom. The minimum absolute atomic E-state index is 0.230. The molecule has 1 atom stereocenters. The van der Waals surface area contributed by atoms with Crippen LogP contribution < -0.4 is 15.8 Å². The number of hydrogen-bond acceptors (Lipinski definition) is 5. The smallest absolute Gasteiger partial charge is 0.273 e. The van der Waals surface area contributed by atoms with Crippen molar-refractivity contribution in [3.05, 3.63) is 83.6 Å². The summed E-state index contributed by atoms with van der Waals surface area (Å²) in [6.45, 7) is 0.470. The molecule has 27 heavy (non-hydrogen) atoms. The number of oxazole rings is 1. The standard InChI is InChI=1S/C21H23N3O3/c1-26-19-10-6-5-9-16(19)11-12-23-20(25)18-14-27-21(24-18)17(22)13-15-7-3-2-4-8-15/h2-10,14,17H,11-13,22H2,1H3,(H,23,25). The van der Waals surface area contributed by atoms with Crippen molar-refractivity contribution in [3.63, 3.8) is 0 Å². The molecule has 0 fully saturated rings. The second-order valence-electron chi connectivity index (χ2n) is 6.18. The molecule has 3 rings (SSSR count). The molecule has 3 aromatic rings. The van der Waals surface area contributed by atoms with Gasteiger partial charge in [-0.25, -0.2) is 4.98 Å². The zero-order valence-electron chi connectivity index (χ0n) is 15.2. The van der Waals surface area contributed by atoms with E-state index < -0.39 is 6.04 Å². The molecule has 3 N–H and O–H groups in total. The predicted octanol–water partition coefficient (Wildman–Crippen LogP) is 2.90. The van der Waals surface area contributed by atoms with Crippen LogP contribution in [0.3, 0.4) is 0 Å². The van der Waals surface area contributed by atoms with Crippen LogP contribution in [0.2, 0.25) is 0 Å². The fourth-order valence-corrected chi connectivity index (χ4v) is 2.83. The molecule has 0 aliphatic rings. The second kappa shape index (κ2) is 9.00. The first-order valence-electron chi connectivity index (χ1n) is 8.82. The van der Waals surface area contributed by atoms with Gasteiger partial charge in [0.15, 0.2) is 5.69 Å². The summed E-state index contributed by atoms with van der Waals surface area (Å²) in [5, 5.41) is 2.84. The van der Waals surface area contributed by atoms with Crippen LogP contribution in [0.25, 0.3) is 0 Å². The van der Waals surface area contributed by atoms with Crippen LogP contribution in [0.15, 0.2) is 65.3 Å². The zero-order valence-corrected chi connectivity index (χ0v) is 15.2. The first-order valence-corrected chi connectivity index (χ1v) is 8.82. The summed E-state index contributed by atoms with van der Waals surface area (Å²) in [6, 6.07) is 17.2. The summed E-state index contributed by atoms with van der Waals surface area (Å²) in [6.07, 6.45) is 2.60. The average molecular weight is 365 g/mol. The summed E-state index contributed by atoms with van der Waals surface area (Å²) >= 11 is 0. The number of ether oxygens (including phenoxy) is 1. The molecular formula is C21H23N3O3. The quantitative estimate of drug-likeness (QED) is 0.641. The van der Waals surface area contributed by atoms with Gasteiger partial charge in [0.2, 0.25) is 5.89 Å². The number of nitrogens with one attached hydrogen (secondary N) is 1. The van der Waals surface area contributed by atoms with Crippen molar-refractivity contribution in [1.82, 2.24) is 10.3 Å². The number of carbonyl (C=O) groups is 1. The molecule has 0 radical (unpaired) electrons. The number of para-hydroxylation sites is 1. The van der Waals surface area contributed by atoms with Crippen molar-refractivity contribution in [2.24, 2.45) is 5.73 Å². The number of rotatable bonds is 8. The van der Waals surface area contributed by atoms with Gasteiger partial charge < -0.3 is 20.2 Å². The maximum Gasteiger partial charge on any atom is 0.273 e. The molecule has 1 aromatic heterocycles. The van der Waals surface area contributed by atoms with E-state index >= 15 is 0 Å². The second-order valence-corrected chi connectivity index (χ2v) is 6.18. The van der Waals surface area contributed by atoms with Crippen molar-refractivity contribution in [2.45, 2.75) is 18.9 Å². The predicted molar refractivity (Wildman–Crippen MR) is 103 cm³/mol. The Hall–Kier alpha value is -3.12. The zero-order chi connectivity index (χ0) is 19.1. The van der Waals surface area contributed by atoms with Gasteiger partial charge in [-0.05, 0) is 30.0 Å². The molecule has 1 heterocycles. The van der Waals surface area contributed by atoms with Crippen molar-refractivity contribution < 1.29 is 13.9 Å². The Morgan fingerprint density at radius 2 is 1.93 bits per heavy atom. The lowest BCUT2D eigenvalue weighted by atomic mass is 10.1. The largest absolute Gasteiger partial charge is 0.496 e. The van der Waals surface area contributed by atoms with E-state index in [0.29, 0.717) is 25.3 Å². The molecule has 6 heteroatoms. The number of carbonyl (C=O) groups excluding carboxylic acids is 1. The molecule has 6 nitrogen and oxygen atoms in total. The number of aromatic nitrogens is 1. The molecular weight excluding hydrogens is 342 g/mol. The first-order chi connectivity index (χ1) is 13.2. The Morgan fingerprint density at radius 3 is 2.70 bits per heavy atom. The van der Waals surface area contributed by atoms with E-state index in [2.05, 4.69) is 10.3 Å². The Balaban J connectivity index is 1.53. The third kappa shape index (κ3) is 4.95. The lowest BCUT2D eigenvalue weighted by Crippen LogP contribution is -2.26. The van der Waals surface area contributed by atoms with Crippen molar-refractivity contribution in [1.29, 1.82) is 0 Å². The third-order valence-electron chi connectivity index (χ3n) is 4.24. The molecule has 0 aliphatic carbocycles.